The van der Waals surface area contributed by atoms with Crippen LogP contribution in [-0.2, 0) is 11.3 Å². The van der Waals surface area contributed by atoms with Crippen LogP contribution in [0.2, 0.25) is 0 Å². The van der Waals surface area contributed by atoms with Crippen LogP contribution in [0, 0.1) is 0 Å². The topological polar surface area (TPSA) is 78.6 Å². The van der Waals surface area contributed by atoms with Gasteiger partial charge in [-0.15, -0.1) is 0 Å². The number of piperazine rings is 1. The van der Waals surface area contributed by atoms with Gasteiger partial charge in [0.15, 0.2) is 0 Å². The van der Waals surface area contributed by atoms with Crippen molar-refractivity contribution >= 4 is 11.7 Å². The summed E-state index contributed by atoms with van der Waals surface area (Å²) >= 11 is 0. The van der Waals surface area contributed by atoms with E-state index < -0.39 is 0 Å². The van der Waals surface area contributed by atoms with Gasteiger partial charge < -0.3 is 14.3 Å². The van der Waals surface area contributed by atoms with Gasteiger partial charge in [-0.3, -0.25) is 9.69 Å². The summed E-state index contributed by atoms with van der Waals surface area (Å²) in [6, 6.07) is 4.03. The molecule has 2 aromatic heterocycles. The van der Waals surface area contributed by atoms with Gasteiger partial charge in [0.05, 0.1) is 6.54 Å². The minimum Gasteiger partial charge on any atom is -0.357 e. The normalized spacial score (nSPS) is 18.5. The van der Waals surface area contributed by atoms with Crippen LogP contribution in [0.15, 0.2) is 22.9 Å². The van der Waals surface area contributed by atoms with Gasteiger partial charge in [0.2, 0.25) is 17.6 Å². The first-order chi connectivity index (χ1) is 12.7. The van der Waals surface area contributed by atoms with E-state index in [1.165, 1.54) is 12.8 Å². The molecule has 0 saturated carbocycles. The molecule has 0 spiro atoms. The average molecular weight is 356 g/mol. The highest BCUT2D eigenvalue weighted by molar-refractivity contribution is 5.73. The van der Waals surface area contributed by atoms with Crippen LogP contribution in [0.25, 0.3) is 11.4 Å². The molecule has 2 saturated heterocycles. The molecule has 0 aromatic carbocycles. The van der Waals surface area contributed by atoms with Gasteiger partial charge in [0, 0.05) is 58.0 Å². The molecule has 2 aliphatic heterocycles. The Morgan fingerprint density at radius 1 is 1.12 bits per heavy atom. The Balaban J connectivity index is 1.36. The SMILES string of the molecule is CC(=O)N1CCN(Cc2nc(-c3ccc(N4CCCC4)nc3)no2)CC1. The summed E-state index contributed by atoms with van der Waals surface area (Å²) in [6.45, 7) is 7.52. The molecular formula is C18H24N6O2. The number of carbonyl (C=O) groups is 1. The largest absolute Gasteiger partial charge is 0.357 e. The number of amides is 1. The molecule has 138 valence electrons. The Bertz CT molecular complexity index is 745. The van der Waals surface area contributed by atoms with Crippen LogP contribution in [0.1, 0.15) is 25.7 Å². The summed E-state index contributed by atoms with van der Waals surface area (Å²) < 4.78 is 5.40. The maximum atomic E-state index is 11.4. The highest BCUT2D eigenvalue weighted by Gasteiger charge is 2.21. The van der Waals surface area contributed by atoms with Crippen LogP contribution in [-0.4, -0.2) is 70.1 Å². The fourth-order valence-electron chi connectivity index (χ4n) is 3.50. The molecule has 2 fully saturated rings. The molecule has 0 unspecified atom stereocenters. The standard InChI is InChI=1S/C18H24N6O2/c1-14(25)23-10-8-22(9-11-23)13-17-20-18(21-26-17)15-4-5-16(19-12-15)24-6-2-3-7-24/h4-5,12H,2-3,6-11,13H2,1H3. The van der Waals surface area contributed by atoms with Crippen LogP contribution in [0.4, 0.5) is 5.82 Å². The second-order valence-corrected chi connectivity index (χ2v) is 6.89. The molecule has 0 aliphatic carbocycles. The number of pyridine rings is 1. The van der Waals surface area contributed by atoms with Gasteiger partial charge in [-0.2, -0.15) is 4.98 Å². The lowest BCUT2D eigenvalue weighted by molar-refractivity contribution is -0.130. The second kappa shape index (κ2) is 7.41. The molecule has 2 aliphatic rings. The predicted octanol–water partition coefficient (Wildman–Crippen LogP) is 1.40. The highest BCUT2D eigenvalue weighted by atomic mass is 16.5. The van der Waals surface area contributed by atoms with Gasteiger partial charge in [0.1, 0.15) is 5.82 Å². The van der Waals surface area contributed by atoms with Crippen molar-refractivity contribution in [3.63, 3.8) is 0 Å². The number of hydrogen-bond donors (Lipinski definition) is 0. The maximum Gasteiger partial charge on any atom is 0.241 e. The number of hydrogen-bond acceptors (Lipinski definition) is 7. The van der Waals surface area contributed by atoms with Crippen molar-refractivity contribution < 1.29 is 9.32 Å². The van der Waals surface area contributed by atoms with E-state index in [2.05, 4.69) is 24.9 Å². The Labute approximate surface area is 152 Å². The van der Waals surface area contributed by atoms with E-state index in [0.717, 1.165) is 50.6 Å². The van der Waals surface area contributed by atoms with Gasteiger partial charge in [-0.05, 0) is 25.0 Å². The van der Waals surface area contributed by atoms with E-state index in [-0.39, 0.29) is 5.91 Å². The zero-order chi connectivity index (χ0) is 17.9. The van der Waals surface area contributed by atoms with Crippen molar-refractivity contribution in [2.75, 3.05) is 44.2 Å². The third-order valence-electron chi connectivity index (χ3n) is 5.08. The summed E-state index contributed by atoms with van der Waals surface area (Å²) in [5.74, 6) is 2.32. The molecular weight excluding hydrogens is 332 g/mol. The van der Waals surface area contributed by atoms with Crippen molar-refractivity contribution in [2.45, 2.75) is 26.3 Å². The number of carbonyl (C=O) groups excluding carboxylic acids is 1. The third-order valence-corrected chi connectivity index (χ3v) is 5.08. The molecule has 4 rings (SSSR count). The minimum atomic E-state index is 0.134. The highest BCUT2D eigenvalue weighted by Crippen LogP contribution is 2.21. The lowest BCUT2D eigenvalue weighted by Crippen LogP contribution is -2.47. The molecule has 8 heteroatoms. The average Bonchev–Trinajstić information content (AvgIpc) is 3.34. The molecule has 0 atom stereocenters. The van der Waals surface area contributed by atoms with E-state index >= 15 is 0 Å². The molecule has 0 radical (unpaired) electrons. The van der Waals surface area contributed by atoms with Crippen LogP contribution >= 0.6 is 0 Å². The summed E-state index contributed by atoms with van der Waals surface area (Å²) in [5, 5.41) is 4.09. The summed E-state index contributed by atoms with van der Waals surface area (Å²) in [6.07, 6.45) is 4.28. The molecule has 0 N–H and O–H groups in total. The summed E-state index contributed by atoms with van der Waals surface area (Å²) in [5.41, 5.74) is 0.865. The first kappa shape index (κ1) is 17.0. The second-order valence-electron chi connectivity index (χ2n) is 6.89. The van der Waals surface area contributed by atoms with E-state index in [1.54, 1.807) is 6.92 Å². The summed E-state index contributed by atoms with van der Waals surface area (Å²) in [4.78, 5) is 26.8. The van der Waals surface area contributed by atoms with Gasteiger partial charge in [-0.1, -0.05) is 5.16 Å². The Morgan fingerprint density at radius 2 is 1.88 bits per heavy atom. The van der Waals surface area contributed by atoms with Crippen LogP contribution in [0.3, 0.4) is 0 Å². The zero-order valence-corrected chi connectivity index (χ0v) is 15.1. The Morgan fingerprint density at radius 3 is 2.54 bits per heavy atom. The number of anilines is 1. The van der Waals surface area contributed by atoms with E-state index in [4.69, 9.17) is 4.52 Å². The third kappa shape index (κ3) is 3.70. The Hall–Kier alpha value is -2.48. The molecule has 0 bridgehead atoms. The molecule has 4 heterocycles. The first-order valence-electron chi connectivity index (χ1n) is 9.21. The predicted molar refractivity (Wildman–Crippen MR) is 96.5 cm³/mol. The van der Waals surface area contributed by atoms with Crippen LogP contribution in [0.5, 0.6) is 0 Å². The first-order valence-corrected chi connectivity index (χ1v) is 9.21. The molecule has 1 amide bonds. The monoisotopic (exact) mass is 356 g/mol. The van der Waals surface area contributed by atoms with Crippen LogP contribution < -0.4 is 4.90 Å². The minimum absolute atomic E-state index is 0.134. The van der Waals surface area contributed by atoms with Crippen molar-refractivity contribution in [1.82, 2.24) is 24.9 Å². The van der Waals surface area contributed by atoms with Gasteiger partial charge in [0.25, 0.3) is 0 Å². The van der Waals surface area contributed by atoms with E-state index in [0.29, 0.717) is 18.3 Å². The number of nitrogens with zero attached hydrogens (tertiary/aromatic N) is 6. The molecule has 8 nitrogen and oxygen atoms in total. The fraction of sp³-hybridized carbons (Fsp3) is 0.556. The van der Waals surface area contributed by atoms with Crippen molar-refractivity contribution in [3.8, 4) is 11.4 Å². The maximum absolute atomic E-state index is 11.4. The molecule has 26 heavy (non-hydrogen) atoms. The van der Waals surface area contributed by atoms with Crippen molar-refractivity contribution in [1.29, 1.82) is 0 Å². The number of aromatic nitrogens is 3. The van der Waals surface area contributed by atoms with E-state index in [1.807, 2.05) is 23.2 Å². The Kier molecular flexibility index (Phi) is 4.83. The van der Waals surface area contributed by atoms with Gasteiger partial charge in [-0.25, -0.2) is 4.98 Å². The smallest absolute Gasteiger partial charge is 0.241 e. The zero-order valence-electron chi connectivity index (χ0n) is 15.1. The quantitative estimate of drug-likeness (QED) is 0.819. The lowest BCUT2D eigenvalue weighted by atomic mass is 10.2. The molecule has 2 aromatic rings. The summed E-state index contributed by atoms with van der Waals surface area (Å²) in [7, 11) is 0. The van der Waals surface area contributed by atoms with Crippen molar-refractivity contribution in [2.24, 2.45) is 0 Å². The lowest BCUT2D eigenvalue weighted by Gasteiger charge is -2.33. The van der Waals surface area contributed by atoms with Crippen molar-refractivity contribution in [3.05, 3.63) is 24.2 Å². The van der Waals surface area contributed by atoms with E-state index in [9.17, 15) is 4.79 Å². The number of rotatable bonds is 4. The fourth-order valence-corrected chi connectivity index (χ4v) is 3.50. The van der Waals surface area contributed by atoms with Gasteiger partial charge >= 0.3 is 0 Å².